The molecule has 0 radical (unpaired) electrons. The maximum atomic E-state index is 11.7. The van der Waals surface area contributed by atoms with Crippen molar-refractivity contribution in [3.05, 3.63) is 35.9 Å². The Morgan fingerprint density at radius 2 is 2.18 bits per heavy atom. The third kappa shape index (κ3) is 3.05. The topological polar surface area (TPSA) is 41.6 Å². The first-order chi connectivity index (χ1) is 8.31. The smallest absolute Gasteiger partial charge is 0.248 e. The molecular formula is C13H18N2O2. The van der Waals surface area contributed by atoms with Crippen molar-refractivity contribution in [1.82, 2.24) is 10.2 Å². The van der Waals surface area contributed by atoms with Gasteiger partial charge in [-0.05, 0) is 12.6 Å². The lowest BCUT2D eigenvalue weighted by atomic mass is 10.1. The van der Waals surface area contributed by atoms with Crippen molar-refractivity contribution in [3.8, 4) is 0 Å². The highest BCUT2D eigenvalue weighted by atomic mass is 16.5. The van der Waals surface area contributed by atoms with Gasteiger partial charge in [0, 0.05) is 19.1 Å². The quantitative estimate of drug-likeness (QED) is 0.838. The molecule has 1 aliphatic rings. The van der Waals surface area contributed by atoms with Crippen LogP contribution in [0.15, 0.2) is 30.3 Å². The maximum Gasteiger partial charge on any atom is 0.248 e. The second-order valence-electron chi connectivity index (χ2n) is 4.14. The van der Waals surface area contributed by atoms with Crippen LogP contribution in [0, 0.1) is 0 Å². The largest absolute Gasteiger partial charge is 0.370 e. The van der Waals surface area contributed by atoms with Gasteiger partial charge in [0.25, 0.3) is 0 Å². The fourth-order valence-corrected chi connectivity index (χ4v) is 2.01. The summed E-state index contributed by atoms with van der Waals surface area (Å²) in [7, 11) is 1.92. The van der Waals surface area contributed by atoms with Gasteiger partial charge in [-0.15, -0.1) is 0 Å². The minimum Gasteiger partial charge on any atom is -0.370 e. The van der Waals surface area contributed by atoms with Crippen molar-refractivity contribution < 1.29 is 9.53 Å². The molecule has 1 fully saturated rings. The lowest BCUT2D eigenvalue weighted by Gasteiger charge is -2.30. The molecule has 0 aliphatic carbocycles. The second-order valence-corrected chi connectivity index (χ2v) is 4.14. The van der Waals surface area contributed by atoms with E-state index >= 15 is 0 Å². The minimum atomic E-state index is 0.0763. The van der Waals surface area contributed by atoms with Crippen molar-refractivity contribution in [1.29, 1.82) is 0 Å². The van der Waals surface area contributed by atoms with Crippen LogP contribution in [0.2, 0.25) is 0 Å². The fourth-order valence-electron chi connectivity index (χ4n) is 2.01. The van der Waals surface area contributed by atoms with Crippen LogP contribution in [0.4, 0.5) is 0 Å². The Morgan fingerprint density at radius 3 is 2.82 bits per heavy atom. The zero-order valence-electron chi connectivity index (χ0n) is 10.1. The molecule has 1 aliphatic heterocycles. The van der Waals surface area contributed by atoms with Crippen LogP contribution < -0.4 is 5.32 Å². The second kappa shape index (κ2) is 5.80. The molecule has 1 unspecified atom stereocenters. The Hall–Kier alpha value is -1.39. The number of nitrogens with one attached hydrogen (secondary N) is 1. The van der Waals surface area contributed by atoms with E-state index in [0.717, 1.165) is 0 Å². The fraction of sp³-hybridized carbons (Fsp3) is 0.462. The standard InChI is InChI=1S/C13H18N2O2/c1-14-12(11-5-3-2-4-6-11)9-15-7-8-17-10-13(15)16/h2-6,12,14H,7-10H2,1H3. The monoisotopic (exact) mass is 234 g/mol. The average molecular weight is 234 g/mol. The first kappa shape index (κ1) is 12.1. The predicted molar refractivity (Wildman–Crippen MR) is 65.6 cm³/mol. The van der Waals surface area contributed by atoms with E-state index in [0.29, 0.717) is 19.7 Å². The van der Waals surface area contributed by atoms with Gasteiger partial charge < -0.3 is 15.0 Å². The zero-order valence-corrected chi connectivity index (χ0v) is 10.1. The molecule has 1 atom stereocenters. The average Bonchev–Trinajstić information content (AvgIpc) is 2.39. The first-order valence-electron chi connectivity index (χ1n) is 5.89. The van der Waals surface area contributed by atoms with Gasteiger partial charge in [0.05, 0.1) is 6.61 Å². The summed E-state index contributed by atoms with van der Waals surface area (Å²) in [6.45, 7) is 2.23. The lowest BCUT2D eigenvalue weighted by molar-refractivity contribution is -0.143. The minimum absolute atomic E-state index is 0.0763. The number of hydrogen-bond donors (Lipinski definition) is 1. The van der Waals surface area contributed by atoms with Gasteiger partial charge in [-0.2, -0.15) is 0 Å². The molecule has 4 heteroatoms. The zero-order chi connectivity index (χ0) is 12.1. The van der Waals surface area contributed by atoms with Crippen LogP contribution in [0.1, 0.15) is 11.6 Å². The molecule has 2 rings (SSSR count). The highest BCUT2D eigenvalue weighted by Crippen LogP contribution is 2.14. The van der Waals surface area contributed by atoms with Crippen LogP contribution in [0.5, 0.6) is 0 Å². The Morgan fingerprint density at radius 1 is 1.41 bits per heavy atom. The number of carbonyl (C=O) groups is 1. The van der Waals surface area contributed by atoms with Crippen LogP contribution in [-0.4, -0.2) is 44.2 Å². The molecule has 0 bridgehead atoms. The molecule has 1 aromatic carbocycles. The van der Waals surface area contributed by atoms with Gasteiger partial charge in [0.15, 0.2) is 0 Å². The Labute approximate surface area is 102 Å². The van der Waals surface area contributed by atoms with E-state index < -0.39 is 0 Å². The normalized spacial score (nSPS) is 18.2. The Balaban J connectivity index is 2.02. The highest BCUT2D eigenvalue weighted by molar-refractivity contribution is 5.78. The summed E-state index contributed by atoms with van der Waals surface area (Å²) in [6, 6.07) is 10.4. The van der Waals surface area contributed by atoms with E-state index in [9.17, 15) is 4.79 Å². The summed E-state index contributed by atoms with van der Waals surface area (Å²) in [4.78, 5) is 13.5. The van der Waals surface area contributed by atoms with Gasteiger partial charge in [-0.3, -0.25) is 4.79 Å². The number of hydrogen-bond acceptors (Lipinski definition) is 3. The van der Waals surface area contributed by atoms with E-state index in [1.807, 2.05) is 30.1 Å². The molecule has 1 saturated heterocycles. The summed E-state index contributed by atoms with van der Waals surface area (Å²) in [5.74, 6) is 0.0763. The number of rotatable bonds is 4. The first-order valence-corrected chi connectivity index (χ1v) is 5.89. The number of nitrogens with zero attached hydrogens (tertiary/aromatic N) is 1. The van der Waals surface area contributed by atoms with Crippen molar-refractivity contribution in [2.45, 2.75) is 6.04 Å². The molecule has 1 heterocycles. The van der Waals surface area contributed by atoms with Gasteiger partial charge >= 0.3 is 0 Å². The Bertz CT molecular complexity index is 367. The van der Waals surface area contributed by atoms with E-state index in [4.69, 9.17) is 4.74 Å². The van der Waals surface area contributed by atoms with Crippen LogP contribution in [0.3, 0.4) is 0 Å². The van der Waals surface area contributed by atoms with E-state index in [-0.39, 0.29) is 18.6 Å². The van der Waals surface area contributed by atoms with E-state index in [1.54, 1.807) is 0 Å². The molecule has 0 saturated carbocycles. The molecular weight excluding hydrogens is 216 g/mol. The van der Waals surface area contributed by atoms with Gasteiger partial charge in [-0.25, -0.2) is 0 Å². The third-order valence-corrected chi connectivity index (χ3v) is 3.04. The third-order valence-electron chi connectivity index (χ3n) is 3.04. The van der Waals surface area contributed by atoms with Crippen LogP contribution >= 0.6 is 0 Å². The van der Waals surface area contributed by atoms with Crippen molar-refractivity contribution in [2.24, 2.45) is 0 Å². The van der Waals surface area contributed by atoms with Gasteiger partial charge in [-0.1, -0.05) is 30.3 Å². The molecule has 0 aromatic heterocycles. The van der Waals surface area contributed by atoms with Gasteiger partial charge in [0.2, 0.25) is 5.91 Å². The van der Waals surface area contributed by atoms with Crippen LogP contribution in [-0.2, 0) is 9.53 Å². The summed E-state index contributed by atoms with van der Waals surface area (Å²) < 4.78 is 5.12. The summed E-state index contributed by atoms with van der Waals surface area (Å²) in [5, 5.41) is 3.25. The molecule has 0 spiro atoms. The summed E-state index contributed by atoms with van der Waals surface area (Å²) in [5.41, 5.74) is 1.20. The summed E-state index contributed by atoms with van der Waals surface area (Å²) >= 11 is 0. The van der Waals surface area contributed by atoms with Crippen molar-refractivity contribution in [3.63, 3.8) is 0 Å². The molecule has 4 nitrogen and oxygen atoms in total. The van der Waals surface area contributed by atoms with Crippen molar-refractivity contribution in [2.75, 3.05) is 33.4 Å². The number of morpholine rings is 1. The number of likely N-dealkylation sites (N-methyl/N-ethyl adjacent to an activating group) is 1. The molecule has 17 heavy (non-hydrogen) atoms. The molecule has 1 aromatic rings. The number of ether oxygens (including phenoxy) is 1. The van der Waals surface area contributed by atoms with E-state index in [1.165, 1.54) is 5.56 Å². The van der Waals surface area contributed by atoms with E-state index in [2.05, 4.69) is 17.4 Å². The lowest BCUT2D eigenvalue weighted by Crippen LogP contribution is -2.45. The molecule has 92 valence electrons. The highest BCUT2D eigenvalue weighted by Gasteiger charge is 2.22. The maximum absolute atomic E-state index is 11.7. The SMILES string of the molecule is CNC(CN1CCOCC1=O)c1ccccc1. The molecule has 1 amide bonds. The predicted octanol–water partition coefficient (Wildman–Crippen LogP) is 0.806. The summed E-state index contributed by atoms with van der Waals surface area (Å²) in [6.07, 6.45) is 0. The Kier molecular flexibility index (Phi) is 4.12. The number of benzene rings is 1. The van der Waals surface area contributed by atoms with Gasteiger partial charge in [0.1, 0.15) is 6.61 Å². The van der Waals surface area contributed by atoms with Crippen molar-refractivity contribution >= 4 is 5.91 Å². The molecule has 1 N–H and O–H groups in total. The number of carbonyl (C=O) groups excluding carboxylic acids is 1. The number of amides is 1. The van der Waals surface area contributed by atoms with Crippen LogP contribution in [0.25, 0.3) is 0 Å².